The number of aromatic nitrogens is 3. The molecule has 0 saturated heterocycles. The number of nitrogens with two attached hydrogens (primary N) is 1. The van der Waals surface area contributed by atoms with Gasteiger partial charge >= 0.3 is 6.18 Å². The van der Waals surface area contributed by atoms with E-state index in [4.69, 9.17) is 5.84 Å². The molecule has 28 heavy (non-hydrogen) atoms. The van der Waals surface area contributed by atoms with Crippen molar-refractivity contribution < 1.29 is 22.4 Å². The Hall–Kier alpha value is -2.30. The average Bonchev–Trinajstić information content (AvgIpc) is 3.40. The van der Waals surface area contributed by atoms with E-state index in [1.165, 1.54) is 18.2 Å². The van der Waals surface area contributed by atoms with E-state index >= 15 is 0 Å². The molecule has 1 heterocycles. The Kier molecular flexibility index (Phi) is 5.82. The highest BCUT2D eigenvalue weighted by Crippen LogP contribution is 2.36. The fraction of sp³-hybridized carbons (Fsp3) is 0.471. The molecule has 1 fully saturated rings. The molecule has 2 aromatic rings. The predicted molar refractivity (Wildman–Crippen MR) is 96.2 cm³/mol. The first-order valence-corrected chi connectivity index (χ1v) is 9.59. The molecule has 0 unspecified atom stereocenters. The van der Waals surface area contributed by atoms with Crippen molar-refractivity contribution in [3.63, 3.8) is 0 Å². The zero-order chi connectivity index (χ0) is 20.5. The van der Waals surface area contributed by atoms with Crippen molar-refractivity contribution in [3.05, 3.63) is 30.1 Å². The smallest absolute Gasteiger partial charge is 0.335 e. The molecule has 0 aliphatic heterocycles. The molecule has 2 N–H and O–H groups in total. The molecule has 1 atom stereocenters. The number of halogens is 4. The molecule has 1 aromatic heterocycles. The quantitative estimate of drug-likeness (QED) is 0.426. The fourth-order valence-electron chi connectivity index (χ4n) is 2.89. The van der Waals surface area contributed by atoms with Gasteiger partial charge in [-0.05, 0) is 37.8 Å². The number of benzene rings is 1. The first-order valence-electron chi connectivity index (χ1n) is 8.61. The van der Waals surface area contributed by atoms with E-state index in [0.29, 0.717) is 5.56 Å². The summed E-state index contributed by atoms with van der Waals surface area (Å²) in [6.45, 7) is 0.355. The van der Waals surface area contributed by atoms with Crippen LogP contribution in [0.4, 0.5) is 17.6 Å². The second-order valence-corrected chi connectivity index (χ2v) is 7.63. The summed E-state index contributed by atoms with van der Waals surface area (Å²) in [5, 5.41) is 7.89. The zero-order valence-corrected chi connectivity index (χ0v) is 15.8. The number of carbonyl (C=O) groups excluding carboxylic acids is 1. The van der Waals surface area contributed by atoms with Crippen molar-refractivity contribution in [2.24, 2.45) is 5.92 Å². The summed E-state index contributed by atoms with van der Waals surface area (Å²) in [6, 6.07) is 5.11. The zero-order valence-electron chi connectivity index (χ0n) is 15.0. The lowest BCUT2D eigenvalue weighted by atomic mass is 10.2. The number of hydrogen-bond acceptors (Lipinski definition) is 5. The maximum Gasteiger partial charge on any atom is 0.406 e. The normalized spacial score (nSPS) is 15.5. The summed E-state index contributed by atoms with van der Waals surface area (Å²) in [7, 11) is 0. The highest BCUT2D eigenvalue weighted by atomic mass is 32.2. The van der Waals surface area contributed by atoms with Crippen molar-refractivity contribution in [1.82, 2.24) is 19.8 Å². The summed E-state index contributed by atoms with van der Waals surface area (Å²) in [5.41, 5.74) is 0.397. The summed E-state index contributed by atoms with van der Waals surface area (Å²) in [5.74, 6) is 4.83. The number of thioether (sulfide) groups is 1. The van der Waals surface area contributed by atoms with Crippen molar-refractivity contribution in [3.8, 4) is 11.4 Å². The van der Waals surface area contributed by atoms with Crippen LogP contribution in [0.5, 0.6) is 0 Å². The molecule has 1 aliphatic rings. The first kappa shape index (κ1) is 20.4. The molecule has 1 saturated carbocycles. The summed E-state index contributed by atoms with van der Waals surface area (Å²) in [6.07, 6.45) is -2.82. The van der Waals surface area contributed by atoms with Gasteiger partial charge in [0.2, 0.25) is 11.1 Å². The SMILES string of the molecule is C[C@@H](C1CC1)N(CC(F)(F)F)C(=O)CSc1nnc(-c2cccc(F)c2)n1N. The van der Waals surface area contributed by atoms with Crippen LogP contribution in [0.15, 0.2) is 29.4 Å². The Morgan fingerprint density at radius 3 is 2.71 bits per heavy atom. The number of nitrogens with zero attached hydrogens (tertiary/aromatic N) is 4. The van der Waals surface area contributed by atoms with E-state index in [1.807, 2.05) is 0 Å². The molecule has 0 spiro atoms. The lowest BCUT2D eigenvalue weighted by Gasteiger charge is -2.30. The van der Waals surface area contributed by atoms with Gasteiger partial charge in [0, 0.05) is 11.6 Å². The lowest BCUT2D eigenvalue weighted by molar-refractivity contribution is -0.164. The maximum atomic E-state index is 13.4. The fourth-order valence-corrected chi connectivity index (χ4v) is 3.64. The lowest BCUT2D eigenvalue weighted by Crippen LogP contribution is -2.46. The minimum absolute atomic E-state index is 0.106. The Morgan fingerprint density at radius 2 is 2.11 bits per heavy atom. The minimum Gasteiger partial charge on any atom is -0.335 e. The molecule has 1 aromatic carbocycles. The largest absolute Gasteiger partial charge is 0.406 e. The van der Waals surface area contributed by atoms with E-state index < -0.39 is 30.5 Å². The number of rotatable bonds is 7. The molecule has 1 amide bonds. The van der Waals surface area contributed by atoms with Gasteiger partial charge in [0.1, 0.15) is 12.4 Å². The molecule has 1 aliphatic carbocycles. The van der Waals surface area contributed by atoms with Crippen molar-refractivity contribution >= 4 is 17.7 Å². The Morgan fingerprint density at radius 1 is 1.39 bits per heavy atom. The first-order chi connectivity index (χ1) is 13.2. The van der Waals surface area contributed by atoms with E-state index in [9.17, 15) is 22.4 Å². The summed E-state index contributed by atoms with van der Waals surface area (Å²) >= 11 is 0.891. The molecule has 11 heteroatoms. The molecular weight excluding hydrogens is 398 g/mol. The average molecular weight is 417 g/mol. The second-order valence-electron chi connectivity index (χ2n) is 6.69. The van der Waals surface area contributed by atoms with Gasteiger partial charge in [-0.25, -0.2) is 9.07 Å². The molecular formula is C17H19F4N5OS. The van der Waals surface area contributed by atoms with E-state index in [1.54, 1.807) is 13.0 Å². The Bertz CT molecular complexity index is 852. The molecule has 6 nitrogen and oxygen atoms in total. The number of nitrogen functional groups attached to an aromatic ring is 1. The van der Waals surface area contributed by atoms with E-state index in [0.717, 1.165) is 34.2 Å². The molecule has 0 radical (unpaired) electrons. The van der Waals surface area contributed by atoms with Crippen LogP contribution in [0.1, 0.15) is 19.8 Å². The van der Waals surface area contributed by atoms with E-state index in [2.05, 4.69) is 10.2 Å². The third-order valence-corrected chi connectivity index (χ3v) is 5.47. The third kappa shape index (κ3) is 4.94. The van der Waals surface area contributed by atoms with Crippen LogP contribution in [0.3, 0.4) is 0 Å². The van der Waals surface area contributed by atoms with Gasteiger partial charge in [-0.3, -0.25) is 4.79 Å². The van der Waals surface area contributed by atoms with Crippen LogP contribution >= 0.6 is 11.8 Å². The Labute approximate surface area is 163 Å². The van der Waals surface area contributed by atoms with Gasteiger partial charge in [-0.2, -0.15) is 13.2 Å². The number of amides is 1. The van der Waals surface area contributed by atoms with Gasteiger partial charge in [-0.15, -0.1) is 10.2 Å². The predicted octanol–water partition coefficient (Wildman–Crippen LogP) is 3.08. The van der Waals surface area contributed by atoms with Gasteiger partial charge in [0.25, 0.3) is 0 Å². The standard InChI is InChI=1S/C17H19F4N5OS/c1-10(11-5-6-11)25(9-17(19,20)21)14(27)8-28-16-24-23-15(26(16)22)12-3-2-4-13(18)7-12/h2-4,7,10-11H,5-6,8-9,22H2,1H3/t10-/m0/s1. The van der Waals surface area contributed by atoms with Gasteiger partial charge in [0.15, 0.2) is 5.82 Å². The van der Waals surface area contributed by atoms with Crippen molar-refractivity contribution in [2.75, 3.05) is 18.1 Å². The summed E-state index contributed by atoms with van der Waals surface area (Å²) < 4.78 is 53.1. The van der Waals surface area contributed by atoms with Crippen molar-refractivity contribution in [2.45, 2.75) is 37.1 Å². The number of hydrogen-bond donors (Lipinski definition) is 1. The minimum atomic E-state index is -4.47. The topological polar surface area (TPSA) is 77.0 Å². The van der Waals surface area contributed by atoms with Crippen LogP contribution in [0, 0.1) is 11.7 Å². The van der Waals surface area contributed by atoms with Crippen LogP contribution < -0.4 is 5.84 Å². The van der Waals surface area contributed by atoms with Crippen LogP contribution in [-0.4, -0.2) is 50.2 Å². The molecule has 3 rings (SSSR count). The Balaban J connectivity index is 1.69. The van der Waals surface area contributed by atoms with Crippen LogP contribution in [-0.2, 0) is 4.79 Å². The number of carbonyl (C=O) groups is 1. The third-order valence-electron chi connectivity index (χ3n) is 4.54. The monoisotopic (exact) mass is 417 g/mol. The van der Waals surface area contributed by atoms with Gasteiger partial charge in [-0.1, -0.05) is 23.9 Å². The van der Waals surface area contributed by atoms with Crippen LogP contribution in [0.2, 0.25) is 0 Å². The summed E-state index contributed by atoms with van der Waals surface area (Å²) in [4.78, 5) is 13.3. The van der Waals surface area contributed by atoms with E-state index in [-0.39, 0.29) is 22.7 Å². The van der Waals surface area contributed by atoms with Crippen LogP contribution in [0.25, 0.3) is 11.4 Å². The highest BCUT2D eigenvalue weighted by Gasteiger charge is 2.40. The van der Waals surface area contributed by atoms with Gasteiger partial charge in [0.05, 0.1) is 5.75 Å². The number of alkyl halides is 3. The van der Waals surface area contributed by atoms with Crippen molar-refractivity contribution in [1.29, 1.82) is 0 Å². The van der Waals surface area contributed by atoms with Gasteiger partial charge < -0.3 is 10.7 Å². The maximum absolute atomic E-state index is 13.4. The molecule has 152 valence electrons. The second kappa shape index (κ2) is 7.98. The highest BCUT2D eigenvalue weighted by molar-refractivity contribution is 7.99. The molecule has 0 bridgehead atoms.